The van der Waals surface area contributed by atoms with E-state index in [0.29, 0.717) is 5.75 Å². The van der Waals surface area contributed by atoms with Crippen molar-refractivity contribution in [3.05, 3.63) is 23.8 Å². The largest absolute Gasteiger partial charge is 0.482 e. The van der Waals surface area contributed by atoms with Crippen LogP contribution in [0.3, 0.4) is 0 Å². The Kier molecular flexibility index (Phi) is 5.77. The first kappa shape index (κ1) is 16.3. The Balaban J connectivity index is 1.94. The van der Waals surface area contributed by atoms with Crippen LogP contribution in [0.5, 0.6) is 5.75 Å². The average molecular weight is 306 g/mol. The Morgan fingerprint density at radius 1 is 1.32 bits per heavy atom. The monoisotopic (exact) mass is 306 g/mol. The molecule has 2 N–H and O–H groups in total. The number of carbonyl (C=O) groups excluding carboxylic acids is 2. The zero-order valence-corrected chi connectivity index (χ0v) is 13.0. The predicted octanol–water partition coefficient (Wildman–Crippen LogP) is 1.48. The zero-order valence-electron chi connectivity index (χ0n) is 13.0. The van der Waals surface area contributed by atoms with E-state index in [4.69, 9.17) is 4.74 Å². The van der Waals surface area contributed by atoms with Gasteiger partial charge in [0.05, 0.1) is 7.11 Å². The molecule has 0 spiro atoms. The van der Waals surface area contributed by atoms with E-state index in [9.17, 15) is 9.59 Å². The van der Waals surface area contributed by atoms with Crippen LogP contribution in [0, 0.1) is 12.8 Å². The predicted molar refractivity (Wildman–Crippen MR) is 82.9 cm³/mol. The van der Waals surface area contributed by atoms with E-state index in [1.807, 2.05) is 6.92 Å². The van der Waals surface area contributed by atoms with Gasteiger partial charge in [0.25, 0.3) is 0 Å². The fourth-order valence-electron chi connectivity index (χ4n) is 2.39. The summed E-state index contributed by atoms with van der Waals surface area (Å²) in [6.45, 7) is 3.54. The molecule has 6 nitrogen and oxygen atoms in total. The van der Waals surface area contributed by atoms with Crippen molar-refractivity contribution in [2.75, 3.05) is 32.1 Å². The molecule has 22 heavy (non-hydrogen) atoms. The Labute approximate surface area is 130 Å². The van der Waals surface area contributed by atoms with Gasteiger partial charge >= 0.3 is 5.97 Å². The molecule has 0 bridgehead atoms. The van der Waals surface area contributed by atoms with Gasteiger partial charge in [-0.05, 0) is 56.6 Å². The lowest BCUT2D eigenvalue weighted by Crippen LogP contribution is -2.34. The third-order valence-corrected chi connectivity index (χ3v) is 3.75. The van der Waals surface area contributed by atoms with Gasteiger partial charge in [-0.25, -0.2) is 4.79 Å². The summed E-state index contributed by atoms with van der Waals surface area (Å²) >= 11 is 0. The summed E-state index contributed by atoms with van der Waals surface area (Å²) in [4.78, 5) is 23.3. The Bertz CT molecular complexity index is 539. The molecule has 0 aromatic heterocycles. The summed E-state index contributed by atoms with van der Waals surface area (Å²) in [6.07, 6.45) is 1.73. The lowest BCUT2D eigenvalue weighted by atomic mass is 9.97. The summed E-state index contributed by atoms with van der Waals surface area (Å²) < 4.78 is 9.84. The van der Waals surface area contributed by atoms with E-state index in [-0.39, 0.29) is 18.4 Å². The maximum atomic E-state index is 12.2. The standard InChI is InChI=1S/C16H22N2O4/c1-11-9-13(22-10-15(19)21-2)3-4-14(11)18-16(20)12-5-7-17-8-6-12/h3-4,9,12,17H,5-8,10H2,1-2H3,(H,18,20). The highest BCUT2D eigenvalue weighted by molar-refractivity contribution is 5.93. The first-order valence-corrected chi connectivity index (χ1v) is 7.42. The molecule has 2 rings (SSSR count). The normalized spacial score (nSPS) is 15.2. The first-order valence-electron chi connectivity index (χ1n) is 7.42. The van der Waals surface area contributed by atoms with E-state index in [0.717, 1.165) is 37.2 Å². The number of esters is 1. The highest BCUT2D eigenvalue weighted by atomic mass is 16.6. The number of ether oxygens (including phenoxy) is 2. The lowest BCUT2D eigenvalue weighted by Gasteiger charge is -2.22. The fraction of sp³-hybridized carbons (Fsp3) is 0.500. The van der Waals surface area contributed by atoms with Crippen molar-refractivity contribution in [2.24, 2.45) is 5.92 Å². The lowest BCUT2D eigenvalue weighted by molar-refractivity contribution is -0.142. The van der Waals surface area contributed by atoms with Crippen molar-refractivity contribution in [3.8, 4) is 5.75 Å². The number of hydrogen-bond acceptors (Lipinski definition) is 5. The van der Waals surface area contributed by atoms with Gasteiger partial charge in [-0.3, -0.25) is 4.79 Å². The molecule has 0 saturated carbocycles. The van der Waals surface area contributed by atoms with Crippen LogP contribution in [0.4, 0.5) is 5.69 Å². The van der Waals surface area contributed by atoms with E-state index >= 15 is 0 Å². The van der Waals surface area contributed by atoms with Gasteiger partial charge in [-0.1, -0.05) is 0 Å². The first-order chi connectivity index (χ1) is 10.6. The summed E-state index contributed by atoms with van der Waals surface area (Å²) in [5.74, 6) is 0.271. The van der Waals surface area contributed by atoms with Crippen molar-refractivity contribution in [1.29, 1.82) is 0 Å². The molecule has 0 aliphatic carbocycles. The van der Waals surface area contributed by atoms with Crippen LogP contribution in [0.25, 0.3) is 0 Å². The molecule has 0 radical (unpaired) electrons. The third-order valence-electron chi connectivity index (χ3n) is 3.75. The van der Waals surface area contributed by atoms with Crippen LogP contribution in [0.15, 0.2) is 18.2 Å². The topological polar surface area (TPSA) is 76.7 Å². The smallest absolute Gasteiger partial charge is 0.343 e. The summed E-state index contributed by atoms with van der Waals surface area (Å²) in [6, 6.07) is 5.32. The molecular formula is C16H22N2O4. The minimum atomic E-state index is -0.430. The van der Waals surface area contributed by atoms with Crippen molar-refractivity contribution in [3.63, 3.8) is 0 Å². The molecule has 120 valence electrons. The minimum Gasteiger partial charge on any atom is -0.482 e. The van der Waals surface area contributed by atoms with Gasteiger partial charge in [0, 0.05) is 11.6 Å². The van der Waals surface area contributed by atoms with E-state index < -0.39 is 5.97 Å². The van der Waals surface area contributed by atoms with Gasteiger partial charge in [0.1, 0.15) is 5.75 Å². The molecule has 1 aliphatic rings. The minimum absolute atomic E-state index is 0.0628. The maximum Gasteiger partial charge on any atom is 0.343 e. The van der Waals surface area contributed by atoms with Gasteiger partial charge in [-0.15, -0.1) is 0 Å². The number of nitrogens with one attached hydrogen (secondary N) is 2. The molecule has 1 amide bonds. The Morgan fingerprint density at radius 2 is 2.05 bits per heavy atom. The van der Waals surface area contributed by atoms with Gasteiger partial charge in [0.15, 0.2) is 6.61 Å². The van der Waals surface area contributed by atoms with Gasteiger partial charge in [-0.2, -0.15) is 0 Å². The number of methoxy groups -OCH3 is 1. The van der Waals surface area contributed by atoms with E-state index in [1.165, 1.54) is 7.11 Å². The average Bonchev–Trinajstić information content (AvgIpc) is 2.55. The highest BCUT2D eigenvalue weighted by Crippen LogP contribution is 2.23. The fourth-order valence-corrected chi connectivity index (χ4v) is 2.39. The third kappa shape index (κ3) is 4.46. The molecule has 1 heterocycles. The van der Waals surface area contributed by atoms with Crippen molar-refractivity contribution < 1.29 is 19.1 Å². The van der Waals surface area contributed by atoms with Crippen LogP contribution in [-0.2, 0) is 14.3 Å². The number of anilines is 1. The molecule has 1 aromatic rings. The van der Waals surface area contributed by atoms with Crippen LogP contribution in [-0.4, -0.2) is 38.7 Å². The molecule has 1 fully saturated rings. The van der Waals surface area contributed by atoms with Gasteiger partial charge in [0.2, 0.25) is 5.91 Å². The molecule has 1 aliphatic heterocycles. The van der Waals surface area contributed by atoms with Gasteiger partial charge < -0.3 is 20.1 Å². The summed E-state index contributed by atoms with van der Waals surface area (Å²) in [7, 11) is 1.32. The number of benzene rings is 1. The Morgan fingerprint density at radius 3 is 2.68 bits per heavy atom. The molecule has 1 saturated heterocycles. The number of amides is 1. The number of aryl methyl sites for hydroxylation is 1. The molecule has 6 heteroatoms. The van der Waals surface area contributed by atoms with E-state index in [2.05, 4.69) is 15.4 Å². The summed E-state index contributed by atoms with van der Waals surface area (Å²) in [5.41, 5.74) is 1.67. The SMILES string of the molecule is COC(=O)COc1ccc(NC(=O)C2CCNCC2)c(C)c1. The number of carbonyl (C=O) groups is 2. The maximum absolute atomic E-state index is 12.2. The summed E-state index contributed by atoms with van der Waals surface area (Å²) in [5, 5.41) is 6.22. The number of rotatable bonds is 5. The molecule has 0 atom stereocenters. The molecule has 0 unspecified atom stereocenters. The Hall–Kier alpha value is -2.08. The van der Waals surface area contributed by atoms with Crippen LogP contribution >= 0.6 is 0 Å². The second-order valence-corrected chi connectivity index (χ2v) is 5.36. The molecular weight excluding hydrogens is 284 g/mol. The van der Waals surface area contributed by atoms with Crippen molar-refractivity contribution >= 4 is 17.6 Å². The number of hydrogen-bond donors (Lipinski definition) is 2. The second kappa shape index (κ2) is 7.79. The number of piperidine rings is 1. The van der Waals surface area contributed by atoms with Crippen LogP contribution in [0.1, 0.15) is 18.4 Å². The highest BCUT2D eigenvalue weighted by Gasteiger charge is 2.21. The zero-order chi connectivity index (χ0) is 15.9. The van der Waals surface area contributed by atoms with Crippen LogP contribution in [0.2, 0.25) is 0 Å². The van der Waals surface area contributed by atoms with Crippen molar-refractivity contribution in [1.82, 2.24) is 5.32 Å². The van der Waals surface area contributed by atoms with E-state index in [1.54, 1.807) is 18.2 Å². The second-order valence-electron chi connectivity index (χ2n) is 5.36. The quantitative estimate of drug-likeness (QED) is 0.806. The molecule has 1 aromatic carbocycles. The van der Waals surface area contributed by atoms with Crippen LogP contribution < -0.4 is 15.4 Å². The van der Waals surface area contributed by atoms with Crippen molar-refractivity contribution in [2.45, 2.75) is 19.8 Å².